The number of hydrogen-bond donors (Lipinski definition) is 2. The molecule has 0 saturated heterocycles. The second-order valence-electron chi connectivity index (χ2n) is 3.34. The molecule has 1 heterocycles. The number of rotatable bonds is 6. The Bertz CT molecular complexity index is 464. The van der Waals surface area contributed by atoms with E-state index >= 15 is 0 Å². The van der Waals surface area contributed by atoms with Gasteiger partial charge in [0.2, 0.25) is 10.0 Å². The van der Waals surface area contributed by atoms with Crippen molar-refractivity contribution in [2.45, 2.75) is 4.90 Å². The molecule has 0 bridgehead atoms. The van der Waals surface area contributed by atoms with Crippen LogP contribution >= 0.6 is 11.8 Å². The summed E-state index contributed by atoms with van der Waals surface area (Å²) in [5.74, 6) is 6.02. The highest BCUT2D eigenvalue weighted by Crippen LogP contribution is 2.21. The lowest BCUT2D eigenvalue weighted by Gasteiger charge is -2.18. The number of anilines is 1. The number of pyridine rings is 1. The van der Waals surface area contributed by atoms with E-state index in [1.54, 1.807) is 18.8 Å². The van der Waals surface area contributed by atoms with Crippen molar-refractivity contribution in [3.05, 3.63) is 18.5 Å². The molecule has 96 valence electrons. The van der Waals surface area contributed by atoms with Gasteiger partial charge in [-0.25, -0.2) is 8.42 Å². The van der Waals surface area contributed by atoms with Crippen LogP contribution in [0.15, 0.2) is 23.4 Å². The molecule has 3 N–H and O–H groups in total. The molecule has 0 spiro atoms. The smallest absolute Gasteiger partial charge is 0.246 e. The zero-order valence-electron chi connectivity index (χ0n) is 9.75. The fourth-order valence-electron chi connectivity index (χ4n) is 1.21. The lowest BCUT2D eigenvalue weighted by Crippen LogP contribution is -2.30. The quantitative estimate of drug-likeness (QED) is 0.576. The van der Waals surface area contributed by atoms with Crippen LogP contribution in [0, 0.1) is 0 Å². The van der Waals surface area contributed by atoms with Crippen LogP contribution in [0.25, 0.3) is 0 Å². The average molecular weight is 276 g/mol. The van der Waals surface area contributed by atoms with Gasteiger partial charge >= 0.3 is 0 Å². The Labute approximate surface area is 106 Å². The lowest BCUT2D eigenvalue weighted by atomic mass is 10.4. The first-order valence-electron chi connectivity index (χ1n) is 4.90. The van der Waals surface area contributed by atoms with Crippen LogP contribution in [0.2, 0.25) is 0 Å². The van der Waals surface area contributed by atoms with Gasteiger partial charge in [0.15, 0.2) is 0 Å². The molecule has 6 nitrogen and oxygen atoms in total. The Balaban J connectivity index is 3.04. The number of sulfonamides is 1. The molecule has 1 aromatic heterocycles. The van der Waals surface area contributed by atoms with Gasteiger partial charge in [-0.3, -0.25) is 10.8 Å². The number of nitrogens with one attached hydrogen (secondary N) is 1. The SMILES string of the molecule is CSCCN(C)S(=O)(=O)c1cnccc1NN. The van der Waals surface area contributed by atoms with Gasteiger partial charge in [0, 0.05) is 31.7 Å². The summed E-state index contributed by atoms with van der Waals surface area (Å²) < 4.78 is 25.7. The van der Waals surface area contributed by atoms with E-state index in [0.29, 0.717) is 12.2 Å². The Kier molecular flexibility index (Phi) is 5.19. The van der Waals surface area contributed by atoms with Gasteiger partial charge < -0.3 is 5.43 Å². The van der Waals surface area contributed by atoms with Gasteiger partial charge in [-0.2, -0.15) is 16.1 Å². The minimum Gasteiger partial charge on any atom is -0.323 e. The highest BCUT2D eigenvalue weighted by atomic mass is 32.2. The van der Waals surface area contributed by atoms with Gasteiger partial charge in [-0.1, -0.05) is 0 Å². The number of hydrogen-bond acceptors (Lipinski definition) is 6. The third kappa shape index (κ3) is 3.32. The predicted octanol–water partition coefficient (Wildman–Crippen LogP) is 0.351. The third-order valence-corrected chi connectivity index (χ3v) is 4.71. The van der Waals surface area contributed by atoms with Crippen molar-refractivity contribution in [3.8, 4) is 0 Å². The summed E-state index contributed by atoms with van der Waals surface area (Å²) >= 11 is 1.59. The summed E-state index contributed by atoms with van der Waals surface area (Å²) in [6, 6.07) is 1.52. The van der Waals surface area contributed by atoms with E-state index in [4.69, 9.17) is 5.84 Å². The average Bonchev–Trinajstić information content (AvgIpc) is 2.35. The van der Waals surface area contributed by atoms with E-state index in [0.717, 1.165) is 5.75 Å². The summed E-state index contributed by atoms with van der Waals surface area (Å²) in [7, 11) is -2.00. The van der Waals surface area contributed by atoms with Gasteiger partial charge in [-0.15, -0.1) is 0 Å². The molecule has 0 atom stereocenters. The standard InChI is InChI=1S/C9H16N4O2S2/c1-13(5-6-16-2)17(14,15)9-7-11-4-3-8(9)12-10/h3-4,7H,5-6,10H2,1-2H3,(H,11,12). The van der Waals surface area contributed by atoms with Gasteiger partial charge in [0.1, 0.15) is 4.90 Å². The van der Waals surface area contributed by atoms with Crippen LogP contribution in [-0.2, 0) is 10.0 Å². The number of nitrogens with two attached hydrogens (primary N) is 1. The second kappa shape index (κ2) is 6.20. The molecule has 0 amide bonds. The van der Waals surface area contributed by atoms with Gasteiger partial charge in [-0.05, 0) is 12.3 Å². The van der Waals surface area contributed by atoms with Crippen LogP contribution in [0.1, 0.15) is 0 Å². The van der Waals surface area contributed by atoms with E-state index < -0.39 is 10.0 Å². The molecular formula is C9H16N4O2S2. The lowest BCUT2D eigenvalue weighted by molar-refractivity contribution is 0.488. The van der Waals surface area contributed by atoms with Crippen LogP contribution in [0.4, 0.5) is 5.69 Å². The van der Waals surface area contributed by atoms with E-state index in [9.17, 15) is 8.42 Å². The highest BCUT2D eigenvalue weighted by Gasteiger charge is 2.23. The van der Waals surface area contributed by atoms with E-state index in [1.165, 1.54) is 22.8 Å². The Morgan fingerprint density at radius 2 is 2.29 bits per heavy atom. The summed E-state index contributed by atoms with van der Waals surface area (Å²) in [6.45, 7) is 0.447. The van der Waals surface area contributed by atoms with Crippen molar-refractivity contribution in [1.82, 2.24) is 9.29 Å². The molecular weight excluding hydrogens is 260 g/mol. The summed E-state index contributed by atoms with van der Waals surface area (Å²) in [6.07, 6.45) is 4.70. The molecule has 1 rings (SSSR count). The zero-order valence-corrected chi connectivity index (χ0v) is 11.4. The van der Waals surface area contributed by atoms with Crippen LogP contribution < -0.4 is 11.3 Å². The largest absolute Gasteiger partial charge is 0.323 e. The maximum atomic E-state index is 12.2. The van der Waals surface area contributed by atoms with E-state index in [2.05, 4.69) is 10.4 Å². The number of hydrazine groups is 1. The third-order valence-electron chi connectivity index (χ3n) is 2.24. The number of aromatic nitrogens is 1. The molecule has 8 heteroatoms. The normalized spacial score (nSPS) is 11.8. The molecule has 0 aliphatic carbocycles. The summed E-state index contributed by atoms with van der Waals surface area (Å²) in [5.41, 5.74) is 2.71. The monoisotopic (exact) mass is 276 g/mol. The number of thioether (sulfide) groups is 1. The van der Waals surface area contributed by atoms with Gasteiger partial charge in [0.05, 0.1) is 5.69 Å². The molecule has 0 radical (unpaired) electrons. The molecule has 0 unspecified atom stereocenters. The van der Waals surface area contributed by atoms with E-state index in [-0.39, 0.29) is 4.90 Å². The zero-order chi connectivity index (χ0) is 12.9. The molecule has 1 aromatic rings. The van der Waals surface area contributed by atoms with Crippen molar-refractivity contribution in [2.24, 2.45) is 5.84 Å². The van der Waals surface area contributed by atoms with Crippen LogP contribution in [0.3, 0.4) is 0 Å². The minimum absolute atomic E-state index is 0.0890. The summed E-state index contributed by atoms with van der Waals surface area (Å²) in [5, 5.41) is 0. The van der Waals surface area contributed by atoms with Crippen LogP contribution in [-0.4, -0.2) is 43.3 Å². The first kappa shape index (κ1) is 14.2. The maximum absolute atomic E-state index is 12.2. The predicted molar refractivity (Wildman–Crippen MR) is 70.2 cm³/mol. The molecule has 0 fully saturated rings. The van der Waals surface area contributed by atoms with Crippen molar-refractivity contribution in [1.29, 1.82) is 0 Å². The fourth-order valence-corrected chi connectivity index (χ4v) is 3.05. The molecule has 0 saturated carbocycles. The second-order valence-corrected chi connectivity index (χ2v) is 6.33. The Morgan fingerprint density at radius 1 is 1.59 bits per heavy atom. The summed E-state index contributed by atoms with van der Waals surface area (Å²) in [4.78, 5) is 3.90. The van der Waals surface area contributed by atoms with E-state index in [1.807, 2.05) is 6.26 Å². The topological polar surface area (TPSA) is 88.3 Å². The number of nitrogen functional groups attached to an aromatic ring is 1. The molecule has 0 aliphatic rings. The van der Waals surface area contributed by atoms with Crippen molar-refractivity contribution in [3.63, 3.8) is 0 Å². The Morgan fingerprint density at radius 3 is 2.88 bits per heavy atom. The molecule has 17 heavy (non-hydrogen) atoms. The fraction of sp³-hybridized carbons (Fsp3) is 0.444. The minimum atomic E-state index is -3.54. The number of nitrogens with zero attached hydrogens (tertiary/aromatic N) is 2. The van der Waals surface area contributed by atoms with Gasteiger partial charge in [0.25, 0.3) is 0 Å². The molecule has 0 aliphatic heterocycles. The first-order chi connectivity index (χ1) is 8.04. The van der Waals surface area contributed by atoms with Crippen molar-refractivity contribution < 1.29 is 8.42 Å². The van der Waals surface area contributed by atoms with Crippen LogP contribution in [0.5, 0.6) is 0 Å². The first-order valence-corrected chi connectivity index (χ1v) is 7.73. The highest BCUT2D eigenvalue weighted by molar-refractivity contribution is 7.98. The van der Waals surface area contributed by atoms with Crippen molar-refractivity contribution >= 4 is 27.5 Å². The molecule has 0 aromatic carbocycles. The Hall–Kier alpha value is -0.830. The maximum Gasteiger partial charge on any atom is 0.246 e. The van der Waals surface area contributed by atoms with Crippen molar-refractivity contribution in [2.75, 3.05) is 31.0 Å².